The van der Waals surface area contributed by atoms with Gasteiger partial charge in [-0.1, -0.05) is 39.3 Å². The molecule has 1 saturated carbocycles. The van der Waals surface area contributed by atoms with Crippen LogP contribution < -0.4 is 10.9 Å². The highest BCUT2D eigenvalue weighted by atomic mass is 35.5. The molecule has 2 unspecified atom stereocenters. The van der Waals surface area contributed by atoms with Gasteiger partial charge in [-0.15, -0.1) is 0 Å². The normalized spacial score (nSPS) is 24.0. The van der Waals surface area contributed by atoms with Gasteiger partial charge in [0.1, 0.15) is 5.02 Å². The number of aromatic nitrogens is 2. The largest absolute Gasteiger partial charge is 0.381 e. The predicted molar refractivity (Wildman–Crippen MR) is 85.0 cm³/mol. The zero-order chi connectivity index (χ0) is 15.8. The van der Waals surface area contributed by atoms with Crippen molar-refractivity contribution in [2.75, 3.05) is 12.4 Å². The van der Waals surface area contributed by atoms with Gasteiger partial charge >= 0.3 is 0 Å². The van der Waals surface area contributed by atoms with Crippen LogP contribution in [0, 0.1) is 11.3 Å². The van der Waals surface area contributed by atoms with Gasteiger partial charge in [-0.3, -0.25) is 4.79 Å². The van der Waals surface area contributed by atoms with Crippen LogP contribution in [0.25, 0.3) is 0 Å². The fourth-order valence-corrected chi connectivity index (χ4v) is 2.96. The summed E-state index contributed by atoms with van der Waals surface area (Å²) in [7, 11) is 1.73. The van der Waals surface area contributed by atoms with Crippen LogP contribution in [-0.2, 0) is 11.3 Å². The smallest absolute Gasteiger partial charge is 0.287 e. The predicted octanol–water partition coefficient (Wildman–Crippen LogP) is 2.78. The van der Waals surface area contributed by atoms with Crippen molar-refractivity contribution >= 4 is 17.3 Å². The first-order valence-corrected chi connectivity index (χ1v) is 7.70. The highest BCUT2D eigenvalue weighted by Gasteiger charge is 2.48. The lowest BCUT2D eigenvalue weighted by Crippen LogP contribution is -2.57. The number of halogens is 1. The highest BCUT2D eigenvalue weighted by molar-refractivity contribution is 6.32. The van der Waals surface area contributed by atoms with E-state index in [1.165, 1.54) is 4.68 Å². The number of ether oxygens (including phenoxy) is 1. The van der Waals surface area contributed by atoms with Gasteiger partial charge in [0.2, 0.25) is 0 Å². The highest BCUT2D eigenvalue weighted by Crippen LogP contribution is 2.44. The van der Waals surface area contributed by atoms with Gasteiger partial charge in [-0.25, -0.2) is 4.68 Å². The Kier molecular flexibility index (Phi) is 4.63. The minimum absolute atomic E-state index is 0.00483. The molecule has 1 N–H and O–H groups in total. The second kappa shape index (κ2) is 5.97. The van der Waals surface area contributed by atoms with E-state index in [9.17, 15) is 4.79 Å². The van der Waals surface area contributed by atoms with Crippen LogP contribution in [0.15, 0.2) is 11.0 Å². The summed E-state index contributed by atoms with van der Waals surface area (Å²) in [5.74, 6) is 0.345. The van der Waals surface area contributed by atoms with Crippen LogP contribution in [0.1, 0.15) is 34.1 Å². The molecule has 1 aliphatic carbocycles. The molecule has 0 aliphatic heterocycles. The Morgan fingerprint density at radius 3 is 2.76 bits per heavy atom. The quantitative estimate of drug-likeness (QED) is 0.908. The summed E-state index contributed by atoms with van der Waals surface area (Å²) in [4.78, 5) is 12.2. The molecule has 1 heterocycles. The Morgan fingerprint density at radius 2 is 2.24 bits per heavy atom. The topological polar surface area (TPSA) is 56.1 Å². The third-order valence-electron chi connectivity index (χ3n) is 4.31. The number of hydrogen-bond acceptors (Lipinski definition) is 4. The van der Waals surface area contributed by atoms with Gasteiger partial charge in [-0.05, 0) is 12.3 Å². The Hall–Kier alpha value is -1.07. The maximum atomic E-state index is 12.2. The molecule has 118 valence electrons. The molecule has 2 atom stereocenters. The van der Waals surface area contributed by atoms with Crippen molar-refractivity contribution in [1.29, 1.82) is 0 Å². The molecule has 0 radical (unpaired) electrons. The first-order valence-electron chi connectivity index (χ1n) is 7.32. The van der Waals surface area contributed by atoms with Crippen molar-refractivity contribution in [2.24, 2.45) is 11.3 Å². The molecular weight excluding hydrogens is 290 g/mol. The molecule has 1 aromatic heterocycles. The van der Waals surface area contributed by atoms with Crippen molar-refractivity contribution in [1.82, 2.24) is 9.78 Å². The maximum absolute atomic E-state index is 12.2. The number of rotatable bonds is 5. The van der Waals surface area contributed by atoms with E-state index in [-0.39, 0.29) is 28.1 Å². The molecule has 21 heavy (non-hydrogen) atoms. The minimum atomic E-state index is -0.240. The number of nitrogens with one attached hydrogen (secondary N) is 1. The van der Waals surface area contributed by atoms with Gasteiger partial charge in [0, 0.05) is 25.1 Å². The second-order valence-corrected chi connectivity index (χ2v) is 7.11. The van der Waals surface area contributed by atoms with Crippen LogP contribution in [0.5, 0.6) is 0 Å². The van der Waals surface area contributed by atoms with E-state index in [1.807, 2.05) is 13.8 Å². The van der Waals surface area contributed by atoms with E-state index in [4.69, 9.17) is 16.3 Å². The number of hydrogen-bond donors (Lipinski definition) is 1. The van der Waals surface area contributed by atoms with Gasteiger partial charge in [0.05, 0.1) is 18.0 Å². The molecule has 1 aromatic rings. The SMILES string of the molecule is COC1CC(Nc2cnn(CC(C)C)c(=O)c2Cl)C1(C)C. The van der Waals surface area contributed by atoms with Gasteiger partial charge in [-0.2, -0.15) is 5.10 Å². The molecular formula is C15H24ClN3O2. The monoisotopic (exact) mass is 313 g/mol. The molecule has 0 bridgehead atoms. The van der Waals surface area contributed by atoms with E-state index in [2.05, 4.69) is 24.3 Å². The Morgan fingerprint density at radius 1 is 1.57 bits per heavy atom. The summed E-state index contributed by atoms with van der Waals surface area (Å²) in [6, 6.07) is 0.224. The lowest BCUT2D eigenvalue weighted by atomic mass is 9.64. The number of anilines is 1. The van der Waals surface area contributed by atoms with Crippen molar-refractivity contribution in [2.45, 2.75) is 52.8 Å². The Balaban J connectivity index is 2.16. The van der Waals surface area contributed by atoms with E-state index < -0.39 is 0 Å². The van der Waals surface area contributed by atoms with Crippen molar-refractivity contribution in [3.8, 4) is 0 Å². The Labute approximate surface area is 130 Å². The van der Waals surface area contributed by atoms with E-state index in [1.54, 1.807) is 13.3 Å². The summed E-state index contributed by atoms with van der Waals surface area (Å²) in [6.07, 6.45) is 2.76. The standard InChI is InChI=1S/C15H24ClN3O2/c1-9(2)8-19-14(20)13(16)10(7-17-19)18-11-6-12(21-5)15(11,3)4/h7,9,11-12,18H,6,8H2,1-5H3. The van der Waals surface area contributed by atoms with Gasteiger partial charge in [0.15, 0.2) is 0 Å². The van der Waals surface area contributed by atoms with Gasteiger partial charge in [0.25, 0.3) is 5.56 Å². The summed E-state index contributed by atoms with van der Waals surface area (Å²) >= 11 is 6.20. The summed E-state index contributed by atoms with van der Waals surface area (Å²) in [5.41, 5.74) is 0.371. The average Bonchev–Trinajstić information content (AvgIpc) is 2.41. The molecule has 1 fully saturated rings. The Bertz CT molecular complexity index is 569. The average molecular weight is 314 g/mol. The third kappa shape index (κ3) is 3.09. The number of methoxy groups -OCH3 is 1. The molecule has 0 amide bonds. The molecule has 1 aliphatic rings. The lowest BCUT2D eigenvalue weighted by molar-refractivity contribution is -0.0794. The van der Waals surface area contributed by atoms with Crippen molar-refractivity contribution in [3.63, 3.8) is 0 Å². The third-order valence-corrected chi connectivity index (χ3v) is 4.68. The zero-order valence-corrected chi connectivity index (χ0v) is 14.1. The minimum Gasteiger partial charge on any atom is -0.381 e. The molecule has 2 rings (SSSR count). The van der Waals surface area contributed by atoms with Crippen LogP contribution >= 0.6 is 11.6 Å². The molecule has 6 heteroatoms. The van der Waals surface area contributed by atoms with Crippen molar-refractivity contribution in [3.05, 3.63) is 21.6 Å². The lowest BCUT2D eigenvalue weighted by Gasteiger charge is -2.51. The second-order valence-electron chi connectivity index (χ2n) is 6.73. The molecule has 0 spiro atoms. The summed E-state index contributed by atoms with van der Waals surface area (Å²) in [5, 5.41) is 7.75. The fraction of sp³-hybridized carbons (Fsp3) is 0.733. The first-order chi connectivity index (χ1) is 9.77. The van der Waals surface area contributed by atoms with E-state index >= 15 is 0 Å². The zero-order valence-electron chi connectivity index (χ0n) is 13.3. The van der Waals surface area contributed by atoms with E-state index in [0.717, 1.165) is 6.42 Å². The van der Waals surface area contributed by atoms with Crippen LogP contribution in [0.2, 0.25) is 5.02 Å². The molecule has 5 nitrogen and oxygen atoms in total. The first kappa shape index (κ1) is 16.3. The fourth-order valence-electron chi connectivity index (χ4n) is 2.76. The van der Waals surface area contributed by atoms with Crippen molar-refractivity contribution < 1.29 is 4.74 Å². The maximum Gasteiger partial charge on any atom is 0.287 e. The summed E-state index contributed by atoms with van der Waals surface area (Å²) in [6.45, 7) is 8.93. The van der Waals surface area contributed by atoms with Crippen LogP contribution in [0.3, 0.4) is 0 Å². The number of nitrogens with zero attached hydrogens (tertiary/aromatic N) is 2. The van der Waals surface area contributed by atoms with Gasteiger partial charge < -0.3 is 10.1 Å². The molecule has 0 aromatic carbocycles. The van der Waals surface area contributed by atoms with E-state index in [0.29, 0.717) is 18.2 Å². The van der Waals surface area contributed by atoms with Crippen LogP contribution in [-0.4, -0.2) is 29.0 Å². The van der Waals surface area contributed by atoms with Crippen LogP contribution in [0.4, 0.5) is 5.69 Å². The molecule has 0 saturated heterocycles. The summed E-state index contributed by atoms with van der Waals surface area (Å²) < 4.78 is 6.85.